The van der Waals surface area contributed by atoms with Crippen molar-refractivity contribution in [3.05, 3.63) is 88.7 Å². The van der Waals surface area contributed by atoms with Gasteiger partial charge in [-0.3, -0.25) is 4.79 Å². The maximum atomic E-state index is 13.7. The zero-order valence-electron chi connectivity index (χ0n) is 17.1. The highest BCUT2D eigenvalue weighted by Crippen LogP contribution is 2.39. The monoisotopic (exact) mass is 423 g/mol. The van der Waals surface area contributed by atoms with Gasteiger partial charge in [-0.1, -0.05) is 54.1 Å². The van der Waals surface area contributed by atoms with Gasteiger partial charge < -0.3 is 10.3 Å². The van der Waals surface area contributed by atoms with Crippen LogP contribution in [0.1, 0.15) is 45.2 Å². The second-order valence-electron chi connectivity index (χ2n) is 7.83. The zero-order chi connectivity index (χ0) is 21.5. The van der Waals surface area contributed by atoms with Gasteiger partial charge in [0.25, 0.3) is 5.91 Å². The number of aromatic nitrogens is 1. The van der Waals surface area contributed by atoms with Crippen LogP contribution in [0.4, 0.5) is 0 Å². The molecule has 1 aromatic heterocycles. The Balaban J connectivity index is 1.79. The van der Waals surface area contributed by atoms with E-state index in [-0.39, 0.29) is 23.2 Å². The van der Waals surface area contributed by atoms with Gasteiger partial charge in [-0.05, 0) is 42.5 Å². The van der Waals surface area contributed by atoms with Gasteiger partial charge in [0.1, 0.15) is 10.6 Å². The molecule has 1 heterocycles. The summed E-state index contributed by atoms with van der Waals surface area (Å²) in [4.78, 5) is 11.7. The van der Waals surface area contributed by atoms with E-state index in [0.717, 1.165) is 29.5 Å². The topological polar surface area (TPSA) is 85.4 Å². The summed E-state index contributed by atoms with van der Waals surface area (Å²) in [7, 11) is -2.25. The number of hydrogen-bond acceptors (Lipinski definition) is 3. The molecule has 1 atom stereocenters. The maximum absolute atomic E-state index is 13.7. The first-order valence-electron chi connectivity index (χ1n) is 9.89. The van der Waals surface area contributed by atoms with Crippen LogP contribution in [0.5, 0.6) is 0 Å². The lowest BCUT2D eigenvalue weighted by molar-refractivity contribution is 0.0992. The van der Waals surface area contributed by atoms with E-state index in [0.29, 0.717) is 0 Å². The van der Waals surface area contributed by atoms with E-state index >= 15 is 0 Å². The van der Waals surface area contributed by atoms with Crippen LogP contribution in [0.25, 0.3) is 0 Å². The van der Waals surface area contributed by atoms with Gasteiger partial charge in [0.05, 0.1) is 6.04 Å². The van der Waals surface area contributed by atoms with Crippen LogP contribution in [0.2, 0.25) is 0 Å². The SMILES string of the molecule is Cc1ccc(CN([C@@H]2CCc3ccccc32)S(=O)(=O)c2cc(C(N)=O)n(C)c2)cc1. The number of sulfonamides is 1. The third-order valence-corrected chi connectivity index (χ3v) is 7.57. The first-order valence-corrected chi connectivity index (χ1v) is 11.3. The Bertz CT molecular complexity index is 1200. The summed E-state index contributed by atoms with van der Waals surface area (Å²) in [5, 5.41) is 0. The van der Waals surface area contributed by atoms with Crippen molar-refractivity contribution in [1.82, 2.24) is 8.87 Å². The fourth-order valence-electron chi connectivity index (χ4n) is 4.13. The fraction of sp³-hybridized carbons (Fsp3) is 0.261. The predicted molar refractivity (Wildman–Crippen MR) is 115 cm³/mol. The molecule has 1 amide bonds. The number of amides is 1. The lowest BCUT2D eigenvalue weighted by atomic mass is 10.1. The number of rotatable bonds is 6. The van der Waals surface area contributed by atoms with Crippen LogP contribution in [0, 0.1) is 6.92 Å². The molecular formula is C23H25N3O3S. The van der Waals surface area contributed by atoms with Crippen LogP contribution in [-0.2, 0) is 30.0 Å². The van der Waals surface area contributed by atoms with E-state index in [9.17, 15) is 13.2 Å². The van der Waals surface area contributed by atoms with Crippen molar-refractivity contribution in [2.75, 3.05) is 0 Å². The van der Waals surface area contributed by atoms with Crippen molar-refractivity contribution >= 4 is 15.9 Å². The quantitative estimate of drug-likeness (QED) is 0.660. The van der Waals surface area contributed by atoms with Crippen molar-refractivity contribution in [1.29, 1.82) is 0 Å². The number of nitrogens with two attached hydrogens (primary N) is 1. The molecule has 6 nitrogen and oxygen atoms in total. The normalized spacial score (nSPS) is 16.0. The Kier molecular flexibility index (Phi) is 5.26. The number of carbonyl (C=O) groups is 1. The number of aryl methyl sites for hydroxylation is 3. The average molecular weight is 424 g/mol. The Morgan fingerprint density at radius 3 is 2.53 bits per heavy atom. The maximum Gasteiger partial charge on any atom is 0.265 e. The Hall–Kier alpha value is -2.90. The molecule has 0 saturated heterocycles. The number of fused-ring (bicyclic) bond motifs is 1. The predicted octanol–water partition coefficient (Wildman–Crippen LogP) is 3.31. The molecule has 0 spiro atoms. The van der Waals surface area contributed by atoms with Crippen molar-refractivity contribution < 1.29 is 13.2 Å². The van der Waals surface area contributed by atoms with Gasteiger partial charge in [0.15, 0.2) is 0 Å². The lowest BCUT2D eigenvalue weighted by Gasteiger charge is -2.29. The van der Waals surface area contributed by atoms with E-state index in [2.05, 4.69) is 6.07 Å². The summed E-state index contributed by atoms with van der Waals surface area (Å²) >= 11 is 0. The summed E-state index contributed by atoms with van der Waals surface area (Å²) in [5.41, 5.74) is 9.82. The number of hydrogen-bond donors (Lipinski definition) is 1. The molecule has 0 unspecified atom stereocenters. The zero-order valence-corrected chi connectivity index (χ0v) is 17.9. The highest BCUT2D eigenvalue weighted by atomic mass is 32.2. The van der Waals surface area contributed by atoms with Crippen LogP contribution >= 0.6 is 0 Å². The minimum atomic E-state index is -3.87. The summed E-state index contributed by atoms with van der Waals surface area (Å²) in [6.07, 6.45) is 3.01. The number of nitrogens with zero attached hydrogens (tertiary/aromatic N) is 2. The van der Waals surface area contributed by atoms with Crippen LogP contribution < -0.4 is 5.73 Å². The van der Waals surface area contributed by atoms with E-state index in [1.54, 1.807) is 11.4 Å². The van der Waals surface area contributed by atoms with Crippen molar-refractivity contribution in [3.8, 4) is 0 Å². The average Bonchev–Trinajstić information content (AvgIpc) is 3.31. The smallest absolute Gasteiger partial charge is 0.265 e. The Morgan fingerprint density at radius 2 is 1.87 bits per heavy atom. The van der Waals surface area contributed by atoms with Crippen molar-refractivity contribution in [3.63, 3.8) is 0 Å². The standard InChI is InChI=1S/C23H25N3O3S/c1-16-7-9-17(10-8-16)14-26(21-12-11-18-5-3-4-6-20(18)21)30(28,29)19-13-22(23(24)27)25(2)15-19/h3-10,13,15,21H,11-12,14H2,1-2H3,(H2,24,27)/t21-/m1/s1. The highest BCUT2D eigenvalue weighted by molar-refractivity contribution is 7.89. The lowest BCUT2D eigenvalue weighted by Crippen LogP contribution is -2.33. The summed E-state index contributed by atoms with van der Waals surface area (Å²) < 4.78 is 30.5. The van der Waals surface area contributed by atoms with E-state index < -0.39 is 15.9 Å². The molecule has 2 aromatic carbocycles. The summed E-state index contributed by atoms with van der Waals surface area (Å²) in [6, 6.07) is 17.0. The molecule has 0 radical (unpaired) electrons. The molecule has 1 aliphatic rings. The molecule has 156 valence electrons. The largest absolute Gasteiger partial charge is 0.364 e. The molecule has 7 heteroatoms. The summed E-state index contributed by atoms with van der Waals surface area (Å²) in [6.45, 7) is 2.25. The molecule has 0 fully saturated rings. The first-order chi connectivity index (χ1) is 14.3. The molecule has 30 heavy (non-hydrogen) atoms. The third-order valence-electron chi connectivity index (χ3n) is 5.75. The Morgan fingerprint density at radius 1 is 1.17 bits per heavy atom. The van der Waals surface area contributed by atoms with Crippen LogP contribution in [-0.4, -0.2) is 23.2 Å². The molecule has 1 aliphatic carbocycles. The van der Waals surface area contributed by atoms with Gasteiger partial charge >= 0.3 is 0 Å². The number of benzene rings is 2. The summed E-state index contributed by atoms with van der Waals surface area (Å²) in [5.74, 6) is -0.657. The molecular weight excluding hydrogens is 398 g/mol. The Labute approximate surface area is 177 Å². The molecule has 4 rings (SSSR count). The second-order valence-corrected chi connectivity index (χ2v) is 9.72. The van der Waals surface area contributed by atoms with Crippen LogP contribution in [0.3, 0.4) is 0 Å². The molecule has 2 N–H and O–H groups in total. The first kappa shape index (κ1) is 20.4. The fourth-order valence-corrected chi connectivity index (χ4v) is 5.82. The molecule has 0 bridgehead atoms. The molecule has 0 aliphatic heterocycles. The minimum Gasteiger partial charge on any atom is -0.364 e. The number of carbonyl (C=O) groups excluding carboxylic acids is 1. The molecule has 3 aromatic rings. The van der Waals surface area contributed by atoms with Gasteiger partial charge in [-0.2, -0.15) is 4.31 Å². The minimum absolute atomic E-state index is 0.0790. The van der Waals surface area contributed by atoms with Gasteiger partial charge in [-0.25, -0.2) is 8.42 Å². The molecule has 0 saturated carbocycles. The van der Waals surface area contributed by atoms with Gasteiger partial charge in [0, 0.05) is 19.8 Å². The van der Waals surface area contributed by atoms with Gasteiger partial charge in [0.2, 0.25) is 10.0 Å². The van der Waals surface area contributed by atoms with Gasteiger partial charge in [-0.15, -0.1) is 0 Å². The van der Waals surface area contributed by atoms with Crippen LogP contribution in [0.15, 0.2) is 65.7 Å². The van der Waals surface area contributed by atoms with Crippen molar-refractivity contribution in [2.45, 2.75) is 37.2 Å². The van der Waals surface area contributed by atoms with E-state index in [1.807, 2.05) is 49.4 Å². The number of primary amides is 1. The highest BCUT2D eigenvalue weighted by Gasteiger charge is 2.37. The van der Waals surface area contributed by atoms with E-state index in [1.165, 1.54) is 22.4 Å². The van der Waals surface area contributed by atoms with E-state index in [4.69, 9.17) is 5.73 Å². The second kappa shape index (κ2) is 7.74. The third kappa shape index (κ3) is 3.66. The van der Waals surface area contributed by atoms with Crippen molar-refractivity contribution in [2.24, 2.45) is 12.8 Å².